The molecule has 6 heteroatoms. The number of para-hydroxylation sites is 1. The lowest BCUT2D eigenvalue weighted by molar-refractivity contribution is -0.215. The first-order valence-corrected chi connectivity index (χ1v) is 9.24. The molecular formula is C21H26F3N3. The number of halogens is 3. The van der Waals surface area contributed by atoms with Gasteiger partial charge in [-0.3, -0.25) is 4.68 Å². The molecule has 2 atom stereocenters. The van der Waals surface area contributed by atoms with Crippen molar-refractivity contribution in [2.45, 2.75) is 59.4 Å². The zero-order valence-corrected chi connectivity index (χ0v) is 16.4. The minimum atomic E-state index is -4.32. The lowest BCUT2D eigenvalue weighted by Crippen LogP contribution is -2.53. The number of hydrogen-bond acceptors (Lipinski definition) is 2. The van der Waals surface area contributed by atoms with Crippen LogP contribution in [-0.2, 0) is 6.54 Å². The molecule has 0 aliphatic carbocycles. The molecule has 27 heavy (non-hydrogen) atoms. The van der Waals surface area contributed by atoms with E-state index in [0.717, 1.165) is 29.1 Å². The van der Waals surface area contributed by atoms with Crippen LogP contribution in [0.4, 0.5) is 18.9 Å². The van der Waals surface area contributed by atoms with Gasteiger partial charge >= 0.3 is 6.18 Å². The van der Waals surface area contributed by atoms with Crippen molar-refractivity contribution >= 4 is 11.8 Å². The molecule has 0 bridgehead atoms. The summed E-state index contributed by atoms with van der Waals surface area (Å²) in [5, 5.41) is 4.39. The van der Waals surface area contributed by atoms with Crippen LogP contribution in [0.25, 0.3) is 6.08 Å². The van der Waals surface area contributed by atoms with Gasteiger partial charge in [-0.05, 0) is 46.2 Å². The Morgan fingerprint density at radius 3 is 2.44 bits per heavy atom. The first-order chi connectivity index (χ1) is 12.6. The Morgan fingerprint density at radius 1 is 1.19 bits per heavy atom. The third kappa shape index (κ3) is 3.15. The van der Waals surface area contributed by atoms with Crippen LogP contribution in [0.1, 0.15) is 50.6 Å². The average Bonchev–Trinajstić information content (AvgIpc) is 2.99. The molecule has 2 heterocycles. The summed E-state index contributed by atoms with van der Waals surface area (Å²) in [6, 6.07) is 6.55. The Hall–Kier alpha value is -2.24. The topological polar surface area (TPSA) is 21.1 Å². The lowest BCUT2D eigenvalue weighted by atomic mass is 9.79. The molecule has 0 radical (unpaired) electrons. The number of nitrogens with zero attached hydrogens (tertiary/aromatic N) is 3. The maximum atomic E-state index is 13.9. The van der Waals surface area contributed by atoms with Gasteiger partial charge in [-0.1, -0.05) is 30.4 Å². The van der Waals surface area contributed by atoms with Gasteiger partial charge in [-0.25, -0.2) is 0 Å². The van der Waals surface area contributed by atoms with Crippen molar-refractivity contribution in [2.75, 3.05) is 4.90 Å². The summed E-state index contributed by atoms with van der Waals surface area (Å²) < 4.78 is 43.6. The minimum Gasteiger partial charge on any atom is -0.357 e. The van der Waals surface area contributed by atoms with Crippen LogP contribution >= 0.6 is 0 Å². The third-order valence-electron chi connectivity index (χ3n) is 5.75. The first-order valence-electron chi connectivity index (χ1n) is 9.24. The van der Waals surface area contributed by atoms with Gasteiger partial charge in [0.15, 0.2) is 0 Å². The molecule has 1 aromatic heterocycles. The number of aromatic nitrogens is 2. The van der Waals surface area contributed by atoms with Crippen molar-refractivity contribution in [2.24, 2.45) is 5.41 Å². The van der Waals surface area contributed by atoms with Crippen LogP contribution in [0.15, 0.2) is 36.5 Å². The van der Waals surface area contributed by atoms with Gasteiger partial charge in [-0.2, -0.15) is 18.3 Å². The van der Waals surface area contributed by atoms with E-state index in [0.29, 0.717) is 0 Å². The average molecular weight is 377 g/mol. The highest BCUT2D eigenvalue weighted by Crippen LogP contribution is 2.48. The predicted molar refractivity (Wildman–Crippen MR) is 103 cm³/mol. The molecule has 1 aliphatic heterocycles. The lowest BCUT2D eigenvalue weighted by Gasteiger charge is -2.47. The zero-order valence-electron chi connectivity index (χ0n) is 16.4. The van der Waals surface area contributed by atoms with Crippen molar-refractivity contribution in [1.82, 2.24) is 9.78 Å². The number of aryl methyl sites for hydroxylation is 1. The molecule has 146 valence electrons. The van der Waals surface area contributed by atoms with Gasteiger partial charge in [-0.15, -0.1) is 0 Å². The highest BCUT2D eigenvalue weighted by Gasteiger charge is 2.54. The van der Waals surface area contributed by atoms with E-state index in [1.807, 2.05) is 54.6 Å². The number of fused-ring (bicyclic) bond motifs is 1. The van der Waals surface area contributed by atoms with Crippen molar-refractivity contribution in [3.05, 3.63) is 53.4 Å². The zero-order chi connectivity index (χ0) is 20.0. The third-order valence-corrected chi connectivity index (χ3v) is 5.75. The Kier molecular flexibility index (Phi) is 4.87. The van der Waals surface area contributed by atoms with Gasteiger partial charge < -0.3 is 4.90 Å². The van der Waals surface area contributed by atoms with E-state index in [1.165, 1.54) is 13.8 Å². The molecule has 0 spiro atoms. The van der Waals surface area contributed by atoms with Crippen LogP contribution in [0, 0.1) is 12.3 Å². The van der Waals surface area contributed by atoms with E-state index in [9.17, 15) is 13.2 Å². The monoisotopic (exact) mass is 377 g/mol. The summed E-state index contributed by atoms with van der Waals surface area (Å²) in [6.07, 6.45) is 0.946. The Morgan fingerprint density at radius 2 is 1.85 bits per heavy atom. The normalized spacial score (nSPS) is 18.5. The van der Waals surface area contributed by atoms with Crippen molar-refractivity contribution < 1.29 is 13.2 Å². The molecule has 1 aliphatic rings. The minimum absolute atomic E-state index is 0.247. The van der Waals surface area contributed by atoms with E-state index < -0.39 is 17.6 Å². The Balaban J connectivity index is 2.14. The van der Waals surface area contributed by atoms with Crippen molar-refractivity contribution in [3.63, 3.8) is 0 Å². The van der Waals surface area contributed by atoms with Crippen LogP contribution < -0.4 is 4.90 Å². The fourth-order valence-corrected chi connectivity index (χ4v) is 3.85. The summed E-state index contributed by atoms with van der Waals surface area (Å²) >= 11 is 0. The highest BCUT2D eigenvalue weighted by molar-refractivity contribution is 5.73. The quantitative estimate of drug-likeness (QED) is 0.675. The van der Waals surface area contributed by atoms with Crippen molar-refractivity contribution in [3.8, 4) is 0 Å². The summed E-state index contributed by atoms with van der Waals surface area (Å²) in [6.45, 7) is 9.21. The fourth-order valence-electron chi connectivity index (χ4n) is 3.85. The largest absolute Gasteiger partial charge is 0.396 e. The molecule has 2 aromatic rings. The van der Waals surface area contributed by atoms with Gasteiger partial charge in [0.2, 0.25) is 0 Å². The molecule has 1 aromatic carbocycles. The molecule has 3 nitrogen and oxygen atoms in total. The summed E-state index contributed by atoms with van der Waals surface area (Å²) in [5.74, 6) is 0. The van der Waals surface area contributed by atoms with E-state index in [1.54, 1.807) is 18.3 Å². The van der Waals surface area contributed by atoms with Crippen LogP contribution in [0.3, 0.4) is 0 Å². The van der Waals surface area contributed by atoms with Gasteiger partial charge in [0.25, 0.3) is 0 Å². The first kappa shape index (κ1) is 19.5. The molecule has 0 N–H and O–H groups in total. The summed E-state index contributed by atoms with van der Waals surface area (Å²) in [7, 11) is 0. The number of anilines is 1. The second kappa shape index (κ2) is 6.73. The predicted octanol–water partition coefficient (Wildman–Crippen LogP) is 5.76. The summed E-state index contributed by atoms with van der Waals surface area (Å²) in [5.41, 5.74) is 1.78. The Labute approximate surface area is 158 Å². The second-order valence-electron chi connectivity index (χ2n) is 7.67. The summed E-state index contributed by atoms with van der Waals surface area (Å²) in [4.78, 5) is 1.90. The van der Waals surface area contributed by atoms with Gasteiger partial charge in [0.1, 0.15) is 0 Å². The van der Waals surface area contributed by atoms with E-state index in [4.69, 9.17) is 0 Å². The number of benzene rings is 1. The maximum absolute atomic E-state index is 13.9. The second-order valence-corrected chi connectivity index (χ2v) is 7.67. The fraction of sp³-hybridized carbons (Fsp3) is 0.476. The number of rotatable bonds is 4. The molecule has 0 fully saturated rings. The molecule has 0 saturated heterocycles. The van der Waals surface area contributed by atoms with Gasteiger partial charge in [0.05, 0.1) is 23.7 Å². The van der Waals surface area contributed by atoms with E-state index >= 15 is 0 Å². The van der Waals surface area contributed by atoms with E-state index in [-0.39, 0.29) is 6.04 Å². The van der Waals surface area contributed by atoms with E-state index in [2.05, 4.69) is 5.10 Å². The highest BCUT2D eigenvalue weighted by atomic mass is 19.4. The molecule has 3 rings (SSSR count). The smallest absolute Gasteiger partial charge is 0.357 e. The van der Waals surface area contributed by atoms with Crippen LogP contribution in [0.5, 0.6) is 0 Å². The molecule has 0 saturated carbocycles. The van der Waals surface area contributed by atoms with Crippen molar-refractivity contribution in [1.29, 1.82) is 0 Å². The Bertz CT molecular complexity index is 849. The standard InChI is InChI=1S/C21H26F3N3/c1-6-26-14(2)17(13-25-26)15(3)27-18-10-8-7-9-16(18)11-12-19(27)20(4,5)21(22,23)24/h7-13,15,19H,6H2,1-5H3. The maximum Gasteiger partial charge on any atom is 0.396 e. The number of alkyl halides is 3. The van der Waals surface area contributed by atoms with Gasteiger partial charge in [0, 0.05) is 23.5 Å². The SMILES string of the molecule is CCn1ncc(C(C)N2c3ccccc3C=CC2C(C)(C)C(F)(F)F)c1C. The molecular weight excluding hydrogens is 351 g/mol. The van der Waals surface area contributed by atoms with Crippen LogP contribution in [0.2, 0.25) is 0 Å². The molecule has 2 unspecified atom stereocenters. The molecule has 0 amide bonds. The van der Waals surface area contributed by atoms with Crippen LogP contribution in [-0.4, -0.2) is 22.0 Å². The number of hydrogen-bond donors (Lipinski definition) is 0.